The maximum Gasteiger partial charge on any atom is 0.176 e. The molecule has 5 unspecified atom stereocenters. The molecule has 6 heteroatoms. The van der Waals surface area contributed by atoms with Gasteiger partial charge in [-0.1, -0.05) is 18.2 Å². The molecular formula is C17H24N2O4. The first-order valence-electron chi connectivity index (χ1n) is 8.43. The summed E-state index contributed by atoms with van der Waals surface area (Å²) in [5, 5.41) is 24.2. The summed E-state index contributed by atoms with van der Waals surface area (Å²) in [4.78, 5) is 2.28. The van der Waals surface area contributed by atoms with Gasteiger partial charge < -0.3 is 25.0 Å². The van der Waals surface area contributed by atoms with E-state index in [1.807, 2.05) is 12.1 Å². The largest absolute Gasteiger partial charge is 0.508 e. The first-order chi connectivity index (χ1) is 11.2. The van der Waals surface area contributed by atoms with Gasteiger partial charge >= 0.3 is 0 Å². The van der Waals surface area contributed by atoms with Gasteiger partial charge in [0.1, 0.15) is 11.9 Å². The molecule has 0 saturated carbocycles. The van der Waals surface area contributed by atoms with Crippen LogP contribution in [-0.4, -0.2) is 65.4 Å². The van der Waals surface area contributed by atoms with E-state index in [4.69, 9.17) is 9.47 Å². The number of aromatic hydroxyl groups is 1. The highest BCUT2D eigenvalue weighted by atomic mass is 16.7. The van der Waals surface area contributed by atoms with Crippen LogP contribution < -0.4 is 5.32 Å². The number of nitrogens with one attached hydrogen (secondary N) is 1. The Morgan fingerprint density at radius 3 is 2.78 bits per heavy atom. The molecule has 0 radical (unpaired) electrons. The fraction of sp³-hybridized carbons (Fsp3) is 0.647. The smallest absolute Gasteiger partial charge is 0.176 e. The molecule has 0 aliphatic carbocycles. The summed E-state index contributed by atoms with van der Waals surface area (Å²) in [5.41, 5.74) is 0.818. The van der Waals surface area contributed by atoms with Gasteiger partial charge in [-0.05, 0) is 32.0 Å². The molecule has 126 valence electrons. The molecule has 3 aliphatic rings. The minimum Gasteiger partial charge on any atom is -0.508 e. The van der Waals surface area contributed by atoms with E-state index in [0.29, 0.717) is 13.2 Å². The Bertz CT molecular complexity index is 547. The van der Waals surface area contributed by atoms with Crippen LogP contribution in [0.25, 0.3) is 0 Å². The van der Waals surface area contributed by atoms with E-state index < -0.39 is 6.10 Å². The van der Waals surface area contributed by atoms with Crippen LogP contribution in [0.5, 0.6) is 5.75 Å². The number of aliphatic hydroxyl groups excluding tert-OH is 1. The van der Waals surface area contributed by atoms with Crippen molar-refractivity contribution in [1.82, 2.24) is 10.2 Å². The lowest BCUT2D eigenvalue weighted by Gasteiger charge is -2.42. The van der Waals surface area contributed by atoms with Crippen molar-refractivity contribution in [3.8, 4) is 5.75 Å². The highest BCUT2D eigenvalue weighted by Gasteiger charge is 2.52. The van der Waals surface area contributed by atoms with Gasteiger partial charge in [-0.2, -0.15) is 0 Å². The summed E-state index contributed by atoms with van der Waals surface area (Å²) in [7, 11) is 0. The van der Waals surface area contributed by atoms with Gasteiger partial charge in [0.2, 0.25) is 0 Å². The standard InChI is InChI=1S/C17H24N2O4/c20-12-6-2-1-5-11(12)9-18-14-13-10-22-17(23-13)15(16(14)21)19-7-3-4-8-19/h1-2,5-6,13-18,20-21H,3-4,7-10H2. The molecule has 23 heavy (non-hydrogen) atoms. The molecule has 1 aromatic carbocycles. The number of aliphatic hydroxyl groups is 1. The van der Waals surface area contributed by atoms with E-state index in [2.05, 4.69) is 10.2 Å². The number of ether oxygens (including phenoxy) is 2. The van der Waals surface area contributed by atoms with Gasteiger partial charge in [0.05, 0.1) is 24.8 Å². The lowest BCUT2D eigenvalue weighted by atomic mass is 9.94. The van der Waals surface area contributed by atoms with Crippen molar-refractivity contribution in [3.05, 3.63) is 29.8 Å². The van der Waals surface area contributed by atoms with E-state index in [0.717, 1.165) is 31.5 Å². The fourth-order valence-electron chi connectivity index (χ4n) is 3.97. The summed E-state index contributed by atoms with van der Waals surface area (Å²) >= 11 is 0. The van der Waals surface area contributed by atoms with Crippen LogP contribution in [0.15, 0.2) is 24.3 Å². The van der Waals surface area contributed by atoms with Crippen molar-refractivity contribution in [2.24, 2.45) is 0 Å². The Hall–Kier alpha value is -1.18. The molecule has 3 saturated heterocycles. The highest BCUT2D eigenvalue weighted by molar-refractivity contribution is 5.31. The minimum absolute atomic E-state index is 0.113. The Balaban J connectivity index is 1.47. The molecule has 0 aromatic heterocycles. The Morgan fingerprint density at radius 2 is 2.00 bits per heavy atom. The average molecular weight is 320 g/mol. The number of hydrogen-bond donors (Lipinski definition) is 3. The zero-order chi connectivity index (χ0) is 15.8. The second-order valence-electron chi connectivity index (χ2n) is 6.64. The maximum absolute atomic E-state index is 10.9. The first kappa shape index (κ1) is 15.4. The number of para-hydroxylation sites is 1. The molecule has 3 fully saturated rings. The lowest BCUT2D eigenvalue weighted by molar-refractivity contribution is -0.179. The molecule has 3 heterocycles. The Kier molecular flexibility index (Phi) is 4.26. The molecule has 4 rings (SSSR count). The topological polar surface area (TPSA) is 74.2 Å². The van der Waals surface area contributed by atoms with Crippen LogP contribution in [0.4, 0.5) is 0 Å². The van der Waals surface area contributed by atoms with Gasteiger partial charge in [-0.3, -0.25) is 4.90 Å². The second-order valence-corrected chi connectivity index (χ2v) is 6.64. The van der Waals surface area contributed by atoms with Crippen molar-refractivity contribution in [2.75, 3.05) is 19.7 Å². The number of fused-ring (bicyclic) bond motifs is 2. The van der Waals surface area contributed by atoms with E-state index in [9.17, 15) is 10.2 Å². The number of phenolic OH excluding ortho intramolecular Hbond substituents is 1. The van der Waals surface area contributed by atoms with Crippen LogP contribution in [0.2, 0.25) is 0 Å². The zero-order valence-corrected chi connectivity index (χ0v) is 13.1. The predicted molar refractivity (Wildman–Crippen MR) is 83.9 cm³/mol. The number of rotatable bonds is 4. The van der Waals surface area contributed by atoms with Crippen molar-refractivity contribution in [3.63, 3.8) is 0 Å². The van der Waals surface area contributed by atoms with Crippen LogP contribution in [-0.2, 0) is 16.0 Å². The summed E-state index contributed by atoms with van der Waals surface area (Å²) in [6.07, 6.45) is 1.33. The highest BCUT2D eigenvalue weighted by Crippen LogP contribution is 2.33. The molecule has 0 amide bonds. The summed E-state index contributed by atoms with van der Waals surface area (Å²) in [6.45, 7) is 2.97. The first-order valence-corrected chi connectivity index (χ1v) is 8.43. The molecule has 0 spiro atoms. The van der Waals surface area contributed by atoms with E-state index in [1.165, 1.54) is 0 Å². The van der Waals surface area contributed by atoms with Crippen molar-refractivity contribution < 1.29 is 19.7 Å². The Labute approximate surface area is 136 Å². The quantitative estimate of drug-likeness (QED) is 0.747. The number of benzene rings is 1. The van der Waals surface area contributed by atoms with Gasteiger partial charge in [0.25, 0.3) is 0 Å². The number of likely N-dealkylation sites (tertiary alicyclic amines) is 1. The third kappa shape index (κ3) is 2.86. The molecule has 5 atom stereocenters. The molecule has 3 aliphatic heterocycles. The van der Waals surface area contributed by atoms with Gasteiger partial charge in [-0.25, -0.2) is 0 Å². The average Bonchev–Trinajstić information content (AvgIpc) is 3.21. The molecule has 3 N–H and O–H groups in total. The number of phenols is 1. The monoisotopic (exact) mass is 320 g/mol. The Morgan fingerprint density at radius 1 is 1.22 bits per heavy atom. The summed E-state index contributed by atoms with van der Waals surface area (Å²) in [5.74, 6) is 0.267. The normalized spacial score (nSPS) is 37.3. The minimum atomic E-state index is -0.537. The van der Waals surface area contributed by atoms with Crippen LogP contribution >= 0.6 is 0 Å². The van der Waals surface area contributed by atoms with E-state index in [-0.39, 0.29) is 30.2 Å². The molecule has 6 nitrogen and oxygen atoms in total. The third-order valence-electron chi connectivity index (χ3n) is 5.21. The van der Waals surface area contributed by atoms with Crippen LogP contribution in [0, 0.1) is 0 Å². The number of hydrogen-bond acceptors (Lipinski definition) is 6. The molecule has 1 aromatic rings. The van der Waals surface area contributed by atoms with E-state index in [1.54, 1.807) is 12.1 Å². The maximum atomic E-state index is 10.9. The van der Waals surface area contributed by atoms with Crippen molar-refractivity contribution >= 4 is 0 Å². The summed E-state index contributed by atoms with van der Waals surface area (Å²) in [6, 6.07) is 6.94. The van der Waals surface area contributed by atoms with Crippen molar-refractivity contribution in [1.29, 1.82) is 0 Å². The van der Waals surface area contributed by atoms with Gasteiger partial charge in [0.15, 0.2) is 6.29 Å². The predicted octanol–water partition coefficient (Wildman–Crippen LogP) is 0.431. The van der Waals surface area contributed by atoms with E-state index >= 15 is 0 Å². The third-order valence-corrected chi connectivity index (χ3v) is 5.21. The van der Waals surface area contributed by atoms with Gasteiger partial charge in [-0.15, -0.1) is 0 Å². The fourth-order valence-corrected chi connectivity index (χ4v) is 3.97. The SMILES string of the molecule is Oc1ccccc1CNC1C2COC(O2)C(N2CCCC2)C1O. The molecular weight excluding hydrogens is 296 g/mol. The molecule has 2 bridgehead atoms. The second kappa shape index (κ2) is 6.37. The van der Waals surface area contributed by atoms with Crippen molar-refractivity contribution in [2.45, 2.75) is 50.0 Å². The van der Waals surface area contributed by atoms with Crippen LogP contribution in [0.1, 0.15) is 18.4 Å². The zero-order valence-electron chi connectivity index (χ0n) is 13.1. The lowest BCUT2D eigenvalue weighted by Crippen LogP contribution is -2.63. The van der Waals surface area contributed by atoms with Gasteiger partial charge in [0, 0.05) is 12.1 Å². The van der Waals surface area contributed by atoms with Crippen LogP contribution in [0.3, 0.4) is 0 Å². The number of nitrogens with zero attached hydrogens (tertiary/aromatic N) is 1. The summed E-state index contributed by atoms with van der Waals surface area (Å²) < 4.78 is 11.7.